The van der Waals surface area contributed by atoms with E-state index in [1.807, 2.05) is 0 Å². The molecule has 0 aliphatic carbocycles. The fourth-order valence-electron chi connectivity index (χ4n) is 2.86. The van der Waals surface area contributed by atoms with E-state index in [4.69, 9.17) is 0 Å². The van der Waals surface area contributed by atoms with E-state index >= 15 is 0 Å². The molecule has 2 heteroatoms. The van der Waals surface area contributed by atoms with Crippen LogP contribution < -0.4 is 5.32 Å². The first kappa shape index (κ1) is 16.0. The summed E-state index contributed by atoms with van der Waals surface area (Å²) in [5.74, 6) is 2.63. The van der Waals surface area contributed by atoms with Gasteiger partial charge in [0.2, 0.25) is 0 Å². The maximum Gasteiger partial charge on any atom is 0.00104 e. The molecule has 1 heterocycles. The summed E-state index contributed by atoms with van der Waals surface area (Å²) in [5.41, 5.74) is 0. The summed E-state index contributed by atoms with van der Waals surface area (Å²) in [6.45, 7) is 16.7. The molecule has 0 bridgehead atoms. The maximum absolute atomic E-state index is 3.58. The van der Waals surface area contributed by atoms with E-state index in [2.05, 4.69) is 44.8 Å². The SMILES string of the molecule is CCC(C)CN1CCC([C@H](C)CNC(C)C)CC1. The molecule has 2 nitrogen and oxygen atoms in total. The first-order valence-electron chi connectivity index (χ1n) is 7.98. The highest BCUT2D eigenvalue weighted by Crippen LogP contribution is 2.25. The lowest BCUT2D eigenvalue weighted by atomic mass is 9.85. The van der Waals surface area contributed by atoms with Gasteiger partial charge in [0, 0.05) is 12.6 Å². The molecule has 18 heavy (non-hydrogen) atoms. The summed E-state index contributed by atoms with van der Waals surface area (Å²) in [4.78, 5) is 2.67. The number of likely N-dealkylation sites (tertiary alicyclic amines) is 1. The highest BCUT2D eigenvalue weighted by Gasteiger charge is 2.24. The summed E-state index contributed by atoms with van der Waals surface area (Å²) in [6.07, 6.45) is 4.11. The molecular formula is C16H34N2. The van der Waals surface area contributed by atoms with E-state index in [9.17, 15) is 0 Å². The average Bonchev–Trinajstić information content (AvgIpc) is 2.36. The minimum atomic E-state index is 0.623. The molecule has 2 atom stereocenters. The molecule has 0 spiro atoms. The number of rotatable bonds is 7. The van der Waals surface area contributed by atoms with Gasteiger partial charge in [-0.25, -0.2) is 0 Å². The minimum absolute atomic E-state index is 0.623. The smallest absolute Gasteiger partial charge is 0.00104 e. The van der Waals surface area contributed by atoms with E-state index in [-0.39, 0.29) is 0 Å². The van der Waals surface area contributed by atoms with Crippen LogP contribution in [0.25, 0.3) is 0 Å². The van der Waals surface area contributed by atoms with Crippen LogP contribution in [0.3, 0.4) is 0 Å². The predicted octanol–water partition coefficient (Wildman–Crippen LogP) is 3.38. The average molecular weight is 254 g/mol. The second-order valence-electron chi connectivity index (χ2n) is 6.69. The highest BCUT2D eigenvalue weighted by atomic mass is 15.1. The van der Waals surface area contributed by atoms with Crippen LogP contribution >= 0.6 is 0 Å². The van der Waals surface area contributed by atoms with Gasteiger partial charge in [-0.1, -0.05) is 41.0 Å². The number of piperidine rings is 1. The fraction of sp³-hybridized carbons (Fsp3) is 1.00. The van der Waals surface area contributed by atoms with Crippen LogP contribution in [0.4, 0.5) is 0 Å². The van der Waals surface area contributed by atoms with Crippen molar-refractivity contribution in [1.82, 2.24) is 10.2 Å². The van der Waals surface area contributed by atoms with Crippen molar-refractivity contribution in [2.24, 2.45) is 17.8 Å². The predicted molar refractivity (Wildman–Crippen MR) is 80.9 cm³/mol. The zero-order chi connectivity index (χ0) is 13.5. The zero-order valence-corrected chi connectivity index (χ0v) is 13.2. The van der Waals surface area contributed by atoms with Crippen molar-refractivity contribution in [3.8, 4) is 0 Å². The summed E-state index contributed by atoms with van der Waals surface area (Å²) in [5, 5.41) is 3.58. The van der Waals surface area contributed by atoms with Gasteiger partial charge in [0.1, 0.15) is 0 Å². The second kappa shape index (κ2) is 8.16. The van der Waals surface area contributed by atoms with Crippen molar-refractivity contribution in [3.05, 3.63) is 0 Å². The minimum Gasteiger partial charge on any atom is -0.314 e. The maximum atomic E-state index is 3.58. The molecule has 0 aromatic heterocycles. The third kappa shape index (κ3) is 5.71. The molecule has 0 aromatic rings. The molecule has 1 fully saturated rings. The molecule has 1 unspecified atom stereocenters. The molecule has 1 aliphatic heterocycles. The summed E-state index contributed by atoms with van der Waals surface area (Å²) in [7, 11) is 0. The van der Waals surface area contributed by atoms with Gasteiger partial charge in [0.15, 0.2) is 0 Å². The topological polar surface area (TPSA) is 15.3 Å². The number of hydrogen-bond donors (Lipinski definition) is 1. The molecule has 0 aromatic carbocycles. The summed E-state index contributed by atoms with van der Waals surface area (Å²) in [6, 6.07) is 0.623. The Bertz CT molecular complexity index is 207. The fourth-order valence-corrected chi connectivity index (χ4v) is 2.86. The van der Waals surface area contributed by atoms with Crippen molar-refractivity contribution in [2.45, 2.75) is 59.9 Å². The monoisotopic (exact) mass is 254 g/mol. The third-order valence-electron chi connectivity index (χ3n) is 4.55. The van der Waals surface area contributed by atoms with Gasteiger partial charge in [0.05, 0.1) is 0 Å². The first-order valence-corrected chi connectivity index (χ1v) is 7.98. The Hall–Kier alpha value is -0.0800. The summed E-state index contributed by atoms with van der Waals surface area (Å²) >= 11 is 0. The van der Waals surface area contributed by atoms with Crippen LogP contribution in [-0.2, 0) is 0 Å². The molecule has 1 saturated heterocycles. The van der Waals surface area contributed by atoms with Crippen molar-refractivity contribution >= 4 is 0 Å². The second-order valence-corrected chi connectivity index (χ2v) is 6.69. The number of nitrogens with one attached hydrogen (secondary N) is 1. The van der Waals surface area contributed by atoms with Crippen LogP contribution in [0.5, 0.6) is 0 Å². The molecule has 0 amide bonds. The molecule has 0 saturated carbocycles. The molecule has 0 radical (unpaired) electrons. The van der Waals surface area contributed by atoms with Gasteiger partial charge in [-0.15, -0.1) is 0 Å². The van der Waals surface area contributed by atoms with E-state index in [1.165, 1.54) is 45.4 Å². The zero-order valence-electron chi connectivity index (χ0n) is 13.2. The molecule has 1 aliphatic rings. The Morgan fingerprint density at radius 2 is 1.72 bits per heavy atom. The molecule has 1 rings (SSSR count). The Balaban J connectivity index is 2.21. The Labute approximate surface area is 115 Å². The van der Waals surface area contributed by atoms with Gasteiger partial charge in [0.25, 0.3) is 0 Å². The lowest BCUT2D eigenvalue weighted by Gasteiger charge is -2.36. The largest absolute Gasteiger partial charge is 0.314 e. The Kier molecular flexibility index (Phi) is 7.25. The molecular weight excluding hydrogens is 220 g/mol. The van der Waals surface area contributed by atoms with E-state index in [0.717, 1.165) is 17.8 Å². The summed E-state index contributed by atoms with van der Waals surface area (Å²) < 4.78 is 0. The van der Waals surface area contributed by atoms with Gasteiger partial charge >= 0.3 is 0 Å². The molecule has 1 N–H and O–H groups in total. The van der Waals surface area contributed by atoms with Crippen LogP contribution in [0.1, 0.15) is 53.9 Å². The normalized spacial score (nSPS) is 22.3. The highest BCUT2D eigenvalue weighted by molar-refractivity contribution is 4.78. The van der Waals surface area contributed by atoms with Crippen LogP contribution in [0, 0.1) is 17.8 Å². The standard InChI is InChI=1S/C16H34N2/c1-6-14(4)12-18-9-7-16(8-10-18)15(5)11-17-13(2)3/h13-17H,6-12H2,1-5H3/t14?,15-/m1/s1. The Morgan fingerprint density at radius 3 is 2.22 bits per heavy atom. The van der Waals surface area contributed by atoms with Gasteiger partial charge in [-0.05, 0) is 50.2 Å². The van der Waals surface area contributed by atoms with Crippen LogP contribution in [0.15, 0.2) is 0 Å². The number of hydrogen-bond acceptors (Lipinski definition) is 2. The number of nitrogens with zero attached hydrogens (tertiary/aromatic N) is 1. The van der Waals surface area contributed by atoms with Crippen molar-refractivity contribution in [1.29, 1.82) is 0 Å². The van der Waals surface area contributed by atoms with Gasteiger partial charge < -0.3 is 10.2 Å². The quantitative estimate of drug-likeness (QED) is 0.749. The van der Waals surface area contributed by atoms with Crippen molar-refractivity contribution < 1.29 is 0 Å². The first-order chi connectivity index (χ1) is 8.52. The van der Waals surface area contributed by atoms with Crippen LogP contribution in [-0.4, -0.2) is 37.1 Å². The lowest BCUT2D eigenvalue weighted by molar-refractivity contribution is 0.135. The van der Waals surface area contributed by atoms with Crippen LogP contribution in [0.2, 0.25) is 0 Å². The Morgan fingerprint density at radius 1 is 1.11 bits per heavy atom. The molecule has 108 valence electrons. The van der Waals surface area contributed by atoms with Crippen molar-refractivity contribution in [3.63, 3.8) is 0 Å². The van der Waals surface area contributed by atoms with Gasteiger partial charge in [-0.2, -0.15) is 0 Å². The van der Waals surface area contributed by atoms with Gasteiger partial charge in [-0.3, -0.25) is 0 Å². The van der Waals surface area contributed by atoms with Crippen molar-refractivity contribution in [2.75, 3.05) is 26.2 Å². The lowest BCUT2D eigenvalue weighted by Crippen LogP contribution is -2.40. The van der Waals surface area contributed by atoms with E-state index in [1.54, 1.807) is 0 Å². The van der Waals surface area contributed by atoms with E-state index in [0.29, 0.717) is 6.04 Å². The third-order valence-corrected chi connectivity index (χ3v) is 4.55. The van der Waals surface area contributed by atoms with E-state index < -0.39 is 0 Å².